The van der Waals surface area contributed by atoms with Gasteiger partial charge in [-0.15, -0.1) is 0 Å². The number of nitrogens with zero attached hydrogens (tertiary/aromatic N) is 1. The minimum absolute atomic E-state index is 0.302. The maximum Gasteiger partial charge on any atom is 0.252 e. The number of ether oxygens (including phenoxy) is 1. The van der Waals surface area contributed by atoms with E-state index in [1.54, 1.807) is 0 Å². The number of methoxy groups -OCH3 is 1. The van der Waals surface area contributed by atoms with E-state index in [2.05, 4.69) is 9.72 Å². The molecule has 0 saturated carbocycles. The first-order chi connectivity index (χ1) is 5.15. The van der Waals surface area contributed by atoms with E-state index < -0.39 is 11.6 Å². The van der Waals surface area contributed by atoms with Crippen molar-refractivity contribution in [3.8, 4) is 5.88 Å². The third-order valence-electron chi connectivity index (χ3n) is 1.12. The van der Waals surface area contributed by atoms with Gasteiger partial charge in [-0.25, -0.2) is 8.78 Å². The van der Waals surface area contributed by atoms with Crippen LogP contribution in [0.3, 0.4) is 0 Å². The predicted molar refractivity (Wildman–Crippen MR) is 35.1 cm³/mol. The Hall–Kier alpha value is -1.39. The number of anilines is 1. The van der Waals surface area contributed by atoms with Gasteiger partial charge in [-0.05, 0) is 0 Å². The Morgan fingerprint density at radius 3 is 2.64 bits per heavy atom. The normalized spacial score (nSPS) is 9.73. The molecule has 0 aromatic carbocycles. The summed E-state index contributed by atoms with van der Waals surface area (Å²) in [5.74, 6) is -2.42. The fourth-order valence-electron chi connectivity index (χ4n) is 0.606. The Morgan fingerprint density at radius 1 is 1.45 bits per heavy atom. The van der Waals surface area contributed by atoms with Crippen LogP contribution < -0.4 is 10.5 Å². The molecule has 0 aliphatic rings. The van der Waals surface area contributed by atoms with Gasteiger partial charge in [0.15, 0.2) is 17.5 Å². The van der Waals surface area contributed by atoms with Gasteiger partial charge in [-0.2, -0.15) is 4.98 Å². The zero-order valence-electron chi connectivity index (χ0n) is 5.77. The van der Waals surface area contributed by atoms with Crippen molar-refractivity contribution < 1.29 is 13.5 Å². The smallest absolute Gasteiger partial charge is 0.252 e. The summed E-state index contributed by atoms with van der Waals surface area (Å²) < 4.78 is 29.4. The molecule has 0 fully saturated rings. The van der Waals surface area contributed by atoms with Gasteiger partial charge in [0.2, 0.25) is 0 Å². The van der Waals surface area contributed by atoms with Crippen LogP contribution in [-0.4, -0.2) is 12.1 Å². The van der Waals surface area contributed by atoms with Crippen LogP contribution in [0.1, 0.15) is 0 Å². The zero-order valence-corrected chi connectivity index (χ0v) is 5.77. The molecule has 1 aromatic heterocycles. The maximum absolute atomic E-state index is 12.5. The second-order valence-electron chi connectivity index (χ2n) is 1.85. The minimum atomic E-state index is -0.886. The highest BCUT2D eigenvalue weighted by molar-refractivity contribution is 5.34. The Bertz CT molecular complexity index is 278. The van der Waals surface area contributed by atoms with E-state index in [0.717, 1.165) is 0 Å². The third kappa shape index (κ3) is 1.36. The predicted octanol–water partition coefficient (Wildman–Crippen LogP) is 0.951. The Labute approximate surface area is 61.8 Å². The van der Waals surface area contributed by atoms with Crippen molar-refractivity contribution in [2.24, 2.45) is 0 Å². The maximum atomic E-state index is 12.5. The van der Waals surface area contributed by atoms with Gasteiger partial charge in [0.1, 0.15) is 0 Å². The average Bonchev–Trinajstić information content (AvgIpc) is 1.97. The molecule has 0 atom stereocenters. The summed E-state index contributed by atoms with van der Waals surface area (Å²) in [6, 6.07) is 0.626. The Morgan fingerprint density at radius 2 is 2.09 bits per heavy atom. The highest BCUT2D eigenvalue weighted by atomic mass is 19.1. The van der Waals surface area contributed by atoms with Gasteiger partial charge in [-0.1, -0.05) is 0 Å². The van der Waals surface area contributed by atoms with Crippen molar-refractivity contribution in [2.75, 3.05) is 12.8 Å². The van der Waals surface area contributed by atoms with Crippen LogP contribution in [0.2, 0.25) is 0 Å². The highest BCUT2D eigenvalue weighted by Crippen LogP contribution is 2.17. The number of nitrogens with two attached hydrogens (primary N) is 1. The molecule has 1 rings (SSSR count). The van der Waals surface area contributed by atoms with Crippen molar-refractivity contribution >= 4 is 5.82 Å². The lowest BCUT2D eigenvalue weighted by Crippen LogP contribution is -2.00. The number of pyridine rings is 1. The molecular formula is C6H6F2N2O. The molecule has 0 aliphatic heterocycles. The number of nitrogen functional groups attached to an aromatic ring is 1. The fraction of sp³-hybridized carbons (Fsp3) is 0.167. The lowest BCUT2D eigenvalue weighted by atomic mass is 10.4. The second kappa shape index (κ2) is 2.69. The first kappa shape index (κ1) is 7.71. The van der Waals surface area contributed by atoms with E-state index in [1.807, 2.05) is 0 Å². The van der Waals surface area contributed by atoms with Crippen molar-refractivity contribution in [2.45, 2.75) is 0 Å². The molecule has 0 aliphatic carbocycles. The van der Waals surface area contributed by atoms with E-state index in [-0.39, 0.29) is 11.7 Å². The largest absolute Gasteiger partial charge is 0.479 e. The second-order valence-corrected chi connectivity index (χ2v) is 1.85. The third-order valence-corrected chi connectivity index (χ3v) is 1.12. The summed E-state index contributed by atoms with van der Waals surface area (Å²) in [6.07, 6.45) is 0. The average molecular weight is 160 g/mol. The molecule has 0 spiro atoms. The monoisotopic (exact) mass is 160 g/mol. The lowest BCUT2D eigenvalue weighted by Gasteiger charge is -2.01. The van der Waals surface area contributed by atoms with Crippen LogP contribution in [0.4, 0.5) is 14.6 Å². The van der Waals surface area contributed by atoms with Crippen LogP contribution in [0, 0.1) is 11.6 Å². The molecule has 0 unspecified atom stereocenters. The molecule has 0 bridgehead atoms. The summed E-state index contributed by atoms with van der Waals surface area (Å²) in [4.78, 5) is 3.30. The number of aromatic nitrogens is 1. The molecule has 1 heterocycles. The quantitative estimate of drug-likeness (QED) is 0.665. The van der Waals surface area contributed by atoms with E-state index in [0.29, 0.717) is 6.07 Å². The molecule has 0 radical (unpaired) electrons. The van der Waals surface area contributed by atoms with E-state index in [1.165, 1.54) is 7.11 Å². The molecular weight excluding hydrogens is 154 g/mol. The van der Waals surface area contributed by atoms with Crippen LogP contribution >= 0.6 is 0 Å². The molecule has 60 valence electrons. The number of rotatable bonds is 1. The molecule has 0 amide bonds. The van der Waals surface area contributed by atoms with Crippen LogP contribution in [-0.2, 0) is 0 Å². The summed E-state index contributed by atoms with van der Waals surface area (Å²) in [5, 5.41) is 0. The number of halogens is 2. The minimum Gasteiger partial charge on any atom is -0.479 e. The number of hydrogen-bond donors (Lipinski definition) is 1. The van der Waals surface area contributed by atoms with Gasteiger partial charge in [0.05, 0.1) is 7.11 Å². The number of hydrogen-bond acceptors (Lipinski definition) is 3. The molecule has 0 saturated heterocycles. The first-order valence-corrected chi connectivity index (χ1v) is 2.80. The van der Waals surface area contributed by atoms with Crippen molar-refractivity contribution in [3.05, 3.63) is 17.7 Å². The standard InChI is InChI=1S/C6H6F2N2O/c1-11-6-4(8)2-3(7)5(9)10-6/h2H,1H3,(H2,9,10). The molecule has 3 nitrogen and oxygen atoms in total. The van der Waals surface area contributed by atoms with E-state index in [4.69, 9.17) is 5.73 Å². The summed E-state index contributed by atoms with van der Waals surface area (Å²) in [6.45, 7) is 0. The summed E-state index contributed by atoms with van der Waals surface area (Å²) >= 11 is 0. The van der Waals surface area contributed by atoms with Crippen molar-refractivity contribution in [3.63, 3.8) is 0 Å². The first-order valence-electron chi connectivity index (χ1n) is 2.80. The zero-order chi connectivity index (χ0) is 8.43. The topological polar surface area (TPSA) is 48.1 Å². The van der Waals surface area contributed by atoms with Crippen LogP contribution in [0.5, 0.6) is 5.88 Å². The Kier molecular flexibility index (Phi) is 1.89. The van der Waals surface area contributed by atoms with E-state index in [9.17, 15) is 8.78 Å². The van der Waals surface area contributed by atoms with Crippen molar-refractivity contribution in [1.82, 2.24) is 4.98 Å². The van der Waals surface area contributed by atoms with Gasteiger partial charge in [-0.3, -0.25) is 0 Å². The highest BCUT2D eigenvalue weighted by Gasteiger charge is 2.08. The van der Waals surface area contributed by atoms with Gasteiger partial charge >= 0.3 is 0 Å². The van der Waals surface area contributed by atoms with Crippen molar-refractivity contribution in [1.29, 1.82) is 0 Å². The van der Waals surface area contributed by atoms with Gasteiger partial charge in [0.25, 0.3) is 5.88 Å². The SMILES string of the molecule is COc1nc(N)c(F)cc1F. The van der Waals surface area contributed by atoms with Gasteiger partial charge in [0, 0.05) is 6.07 Å². The summed E-state index contributed by atoms with van der Waals surface area (Å²) in [5.41, 5.74) is 5.03. The lowest BCUT2D eigenvalue weighted by molar-refractivity contribution is 0.367. The Balaban J connectivity index is 3.21. The van der Waals surface area contributed by atoms with Crippen LogP contribution in [0.25, 0.3) is 0 Å². The molecule has 1 aromatic rings. The molecule has 11 heavy (non-hydrogen) atoms. The van der Waals surface area contributed by atoms with E-state index >= 15 is 0 Å². The summed E-state index contributed by atoms with van der Waals surface area (Å²) in [7, 11) is 1.22. The molecule has 2 N–H and O–H groups in total. The molecule has 5 heteroatoms. The van der Waals surface area contributed by atoms with Crippen LogP contribution in [0.15, 0.2) is 6.07 Å². The van der Waals surface area contributed by atoms with Gasteiger partial charge < -0.3 is 10.5 Å². The fourth-order valence-corrected chi connectivity index (χ4v) is 0.606.